The van der Waals surface area contributed by atoms with Crippen LogP contribution < -0.4 is 14.2 Å². The summed E-state index contributed by atoms with van der Waals surface area (Å²) in [6.07, 6.45) is 1.04. The highest BCUT2D eigenvalue weighted by atomic mass is 16.7. The Morgan fingerprint density at radius 1 is 0.972 bits per heavy atom. The number of nitrogens with zero attached hydrogens (tertiary/aromatic N) is 1. The second kappa shape index (κ2) is 9.61. The molecule has 2 heterocycles. The third-order valence-electron chi connectivity index (χ3n) is 7.07. The zero-order chi connectivity index (χ0) is 25.4. The van der Waals surface area contributed by atoms with Crippen molar-refractivity contribution in [2.75, 3.05) is 20.8 Å². The van der Waals surface area contributed by atoms with Crippen molar-refractivity contribution >= 4 is 16.9 Å². The predicted molar refractivity (Wildman–Crippen MR) is 141 cm³/mol. The first-order chi connectivity index (χ1) is 17.5. The number of methoxy groups -OCH3 is 2. The minimum Gasteiger partial charge on any atom is -0.493 e. The predicted octanol–water partition coefficient (Wildman–Crippen LogP) is 7.34. The fraction of sp³-hybridized carbons (Fsp3) is 0.300. The number of carbonyl (C=O) groups is 1. The van der Waals surface area contributed by atoms with Crippen molar-refractivity contribution in [2.24, 2.45) is 0 Å². The lowest BCUT2D eigenvalue weighted by Gasteiger charge is -2.30. The standard InChI is InChI=1S/C30H31NO5/c1-6-21-15-20-16-25(33-4)26(34-5)17-24(20)28-29(36-30(32)35-7-2)27(18(3)31(21)28)23-14-10-12-19-11-8-9-13-22(19)23/h8-14,16-17,21H,6-7,15H2,1-5H3. The molecule has 3 aromatic carbocycles. The Kier molecular flexibility index (Phi) is 6.35. The maximum absolute atomic E-state index is 12.7. The van der Waals surface area contributed by atoms with Crippen LogP contribution in [0.2, 0.25) is 0 Å². The van der Waals surface area contributed by atoms with Crippen LogP contribution in [0.4, 0.5) is 4.79 Å². The molecule has 4 aromatic rings. The van der Waals surface area contributed by atoms with Gasteiger partial charge in [0.1, 0.15) is 0 Å². The molecule has 0 saturated heterocycles. The number of aromatic nitrogens is 1. The summed E-state index contributed by atoms with van der Waals surface area (Å²) in [6, 6.07) is 18.7. The van der Waals surface area contributed by atoms with Gasteiger partial charge in [-0.25, -0.2) is 4.79 Å². The Morgan fingerprint density at radius 3 is 2.42 bits per heavy atom. The summed E-state index contributed by atoms with van der Waals surface area (Å²) in [5.41, 5.74) is 5.92. The van der Waals surface area contributed by atoms with E-state index in [4.69, 9.17) is 18.9 Å². The molecule has 6 nitrogen and oxygen atoms in total. The lowest BCUT2D eigenvalue weighted by molar-refractivity contribution is 0.104. The number of ether oxygens (including phenoxy) is 4. The Bertz CT molecular complexity index is 1450. The van der Waals surface area contributed by atoms with Crippen LogP contribution in [0.25, 0.3) is 33.2 Å². The van der Waals surface area contributed by atoms with Crippen LogP contribution >= 0.6 is 0 Å². The Hall–Kier alpha value is -3.93. The maximum Gasteiger partial charge on any atom is 0.513 e. The molecule has 1 aliphatic rings. The van der Waals surface area contributed by atoms with Crippen LogP contribution in [0, 0.1) is 6.92 Å². The molecule has 186 valence electrons. The molecule has 1 unspecified atom stereocenters. The smallest absolute Gasteiger partial charge is 0.493 e. The molecule has 6 heteroatoms. The first kappa shape index (κ1) is 23.8. The highest BCUT2D eigenvalue weighted by molar-refractivity contribution is 6.01. The van der Waals surface area contributed by atoms with E-state index in [0.717, 1.165) is 57.3 Å². The monoisotopic (exact) mass is 485 g/mol. The normalized spacial score (nSPS) is 14.2. The number of carbonyl (C=O) groups excluding carboxylic acids is 1. The largest absolute Gasteiger partial charge is 0.513 e. The van der Waals surface area contributed by atoms with Gasteiger partial charge in [0.15, 0.2) is 17.2 Å². The highest BCUT2D eigenvalue weighted by Gasteiger charge is 2.35. The first-order valence-corrected chi connectivity index (χ1v) is 12.3. The Balaban J connectivity index is 1.87. The topological polar surface area (TPSA) is 58.9 Å². The van der Waals surface area contributed by atoms with E-state index in [2.05, 4.69) is 42.7 Å². The molecule has 5 rings (SSSR count). The van der Waals surface area contributed by atoms with Gasteiger partial charge in [-0.05, 0) is 60.7 Å². The molecule has 0 aliphatic carbocycles. The van der Waals surface area contributed by atoms with Gasteiger partial charge in [-0.15, -0.1) is 0 Å². The van der Waals surface area contributed by atoms with E-state index in [0.29, 0.717) is 17.2 Å². The van der Waals surface area contributed by atoms with E-state index in [1.165, 1.54) is 0 Å². The van der Waals surface area contributed by atoms with E-state index >= 15 is 0 Å². The molecule has 1 atom stereocenters. The molecule has 0 saturated carbocycles. The lowest BCUT2D eigenvalue weighted by Crippen LogP contribution is -2.20. The Labute approximate surface area is 211 Å². The fourth-order valence-corrected chi connectivity index (χ4v) is 5.46. The lowest BCUT2D eigenvalue weighted by atomic mass is 9.91. The van der Waals surface area contributed by atoms with Gasteiger partial charge >= 0.3 is 6.16 Å². The minimum atomic E-state index is -0.715. The van der Waals surface area contributed by atoms with Crippen LogP contribution in [0.15, 0.2) is 54.6 Å². The van der Waals surface area contributed by atoms with Crippen molar-refractivity contribution in [2.45, 2.75) is 39.7 Å². The first-order valence-electron chi connectivity index (χ1n) is 12.3. The molecule has 0 radical (unpaired) electrons. The average molecular weight is 486 g/mol. The zero-order valence-electron chi connectivity index (χ0n) is 21.4. The summed E-state index contributed by atoms with van der Waals surface area (Å²) >= 11 is 0. The van der Waals surface area contributed by atoms with Crippen LogP contribution in [0.5, 0.6) is 17.2 Å². The second-order valence-electron chi connectivity index (χ2n) is 8.95. The molecule has 0 bridgehead atoms. The van der Waals surface area contributed by atoms with Gasteiger partial charge in [0, 0.05) is 22.9 Å². The molecule has 1 aromatic heterocycles. The molecule has 0 fully saturated rings. The van der Waals surface area contributed by atoms with Gasteiger partial charge < -0.3 is 23.5 Å². The van der Waals surface area contributed by atoms with Gasteiger partial charge in [0.2, 0.25) is 0 Å². The molecule has 0 N–H and O–H groups in total. The summed E-state index contributed by atoms with van der Waals surface area (Å²) in [5, 5.41) is 2.22. The third kappa shape index (κ3) is 3.77. The van der Waals surface area contributed by atoms with Gasteiger partial charge in [-0.3, -0.25) is 0 Å². The van der Waals surface area contributed by atoms with Crippen LogP contribution in [-0.2, 0) is 11.2 Å². The van der Waals surface area contributed by atoms with E-state index < -0.39 is 6.16 Å². The summed E-state index contributed by atoms with van der Waals surface area (Å²) < 4.78 is 24.8. The van der Waals surface area contributed by atoms with E-state index in [1.807, 2.05) is 30.3 Å². The highest BCUT2D eigenvalue weighted by Crippen LogP contribution is 2.52. The minimum absolute atomic E-state index is 0.193. The van der Waals surface area contributed by atoms with Crippen molar-refractivity contribution in [3.8, 4) is 39.6 Å². The summed E-state index contributed by atoms with van der Waals surface area (Å²) in [5.74, 6) is 1.82. The van der Waals surface area contributed by atoms with Crippen LogP contribution in [-0.4, -0.2) is 31.5 Å². The third-order valence-corrected chi connectivity index (χ3v) is 7.07. The van der Waals surface area contributed by atoms with Gasteiger partial charge in [-0.1, -0.05) is 49.4 Å². The van der Waals surface area contributed by atoms with Crippen LogP contribution in [0.1, 0.15) is 37.6 Å². The number of fused-ring (bicyclic) bond motifs is 4. The second-order valence-corrected chi connectivity index (χ2v) is 8.95. The molecule has 1 aliphatic heterocycles. The van der Waals surface area contributed by atoms with E-state index in [1.54, 1.807) is 21.1 Å². The zero-order valence-corrected chi connectivity index (χ0v) is 21.4. The number of hydrogen-bond donors (Lipinski definition) is 0. The summed E-state index contributed by atoms with van der Waals surface area (Å²) in [4.78, 5) is 12.7. The molecule has 0 amide bonds. The summed E-state index contributed by atoms with van der Waals surface area (Å²) in [6.45, 7) is 6.29. The maximum atomic E-state index is 12.7. The van der Waals surface area contributed by atoms with Crippen molar-refractivity contribution in [1.82, 2.24) is 4.57 Å². The van der Waals surface area contributed by atoms with Crippen molar-refractivity contribution in [3.05, 3.63) is 65.9 Å². The molecular formula is C30H31NO5. The van der Waals surface area contributed by atoms with Crippen LogP contribution in [0.3, 0.4) is 0 Å². The van der Waals surface area contributed by atoms with E-state index in [9.17, 15) is 4.79 Å². The van der Waals surface area contributed by atoms with Crippen molar-refractivity contribution < 1.29 is 23.7 Å². The molecule has 0 spiro atoms. The summed E-state index contributed by atoms with van der Waals surface area (Å²) in [7, 11) is 3.27. The van der Waals surface area contributed by atoms with Gasteiger partial charge in [-0.2, -0.15) is 0 Å². The van der Waals surface area contributed by atoms with Gasteiger partial charge in [0.05, 0.1) is 26.5 Å². The fourth-order valence-electron chi connectivity index (χ4n) is 5.46. The Morgan fingerprint density at radius 2 is 1.69 bits per heavy atom. The van der Waals surface area contributed by atoms with Crippen molar-refractivity contribution in [1.29, 1.82) is 0 Å². The molecule has 36 heavy (non-hydrogen) atoms. The van der Waals surface area contributed by atoms with Gasteiger partial charge in [0.25, 0.3) is 0 Å². The quantitative estimate of drug-likeness (QED) is 0.267. The van der Waals surface area contributed by atoms with Crippen molar-refractivity contribution in [3.63, 3.8) is 0 Å². The number of rotatable bonds is 6. The SMILES string of the molecule is CCOC(=O)Oc1c(-c2cccc3ccccc23)c(C)n2c1-c1cc(OC)c(OC)cc1CC2CC. The number of hydrogen-bond acceptors (Lipinski definition) is 5. The molecular weight excluding hydrogens is 454 g/mol. The number of benzene rings is 3. The average Bonchev–Trinajstić information content (AvgIpc) is 3.18. The van der Waals surface area contributed by atoms with E-state index in [-0.39, 0.29) is 12.6 Å².